The molecule has 1 amide bonds. The molecule has 0 aliphatic carbocycles. The van der Waals surface area contributed by atoms with Crippen LogP contribution in [0.5, 0.6) is 0 Å². The van der Waals surface area contributed by atoms with Crippen LogP contribution in [0.3, 0.4) is 0 Å². The summed E-state index contributed by atoms with van der Waals surface area (Å²) < 4.78 is 17.8. The summed E-state index contributed by atoms with van der Waals surface area (Å²) in [6.45, 7) is 5.78. The first-order valence-corrected chi connectivity index (χ1v) is 8.86. The summed E-state index contributed by atoms with van der Waals surface area (Å²) >= 11 is 3.40. The summed E-state index contributed by atoms with van der Waals surface area (Å²) in [7, 11) is 1.72. The molecule has 0 atom stereocenters. The predicted octanol–water partition coefficient (Wildman–Crippen LogP) is 3.74. The average molecular weight is 420 g/mol. The third kappa shape index (κ3) is 3.29. The van der Waals surface area contributed by atoms with E-state index in [-0.39, 0.29) is 11.7 Å². The van der Waals surface area contributed by atoms with Gasteiger partial charge in [-0.1, -0.05) is 18.2 Å². The fraction of sp³-hybridized carbons (Fsp3) is 0.278. The minimum Gasteiger partial charge on any atom is -0.317 e. The molecule has 0 radical (unpaired) electrons. The molecule has 0 spiro atoms. The molecule has 1 aromatic carbocycles. The van der Waals surface area contributed by atoms with Crippen LogP contribution in [-0.4, -0.2) is 25.5 Å². The molecule has 3 rings (SSSR count). The number of rotatable bonds is 4. The van der Waals surface area contributed by atoms with Crippen LogP contribution in [0.1, 0.15) is 33.1 Å². The van der Waals surface area contributed by atoms with Crippen molar-refractivity contribution in [3.63, 3.8) is 0 Å². The molecule has 3 aromatic rings. The first-order valence-electron chi connectivity index (χ1n) is 8.07. The molecule has 0 aliphatic rings. The molecule has 0 aliphatic heterocycles. The number of carbonyl (C=O) groups is 1. The van der Waals surface area contributed by atoms with Crippen molar-refractivity contribution in [3.8, 4) is 0 Å². The molecule has 0 saturated heterocycles. The number of anilines is 1. The molecule has 2 heterocycles. The summed E-state index contributed by atoms with van der Waals surface area (Å²) in [6, 6.07) is 6.58. The second kappa shape index (κ2) is 7.03. The Bertz CT molecular complexity index is 992. The zero-order chi connectivity index (χ0) is 19.0. The number of nitrogens with zero attached hydrogens (tertiary/aromatic N) is 4. The fourth-order valence-electron chi connectivity index (χ4n) is 2.87. The third-order valence-corrected chi connectivity index (χ3v) is 5.21. The van der Waals surface area contributed by atoms with Gasteiger partial charge in [0.2, 0.25) is 0 Å². The lowest BCUT2D eigenvalue weighted by molar-refractivity contribution is 0.101. The van der Waals surface area contributed by atoms with Gasteiger partial charge in [0.25, 0.3) is 5.91 Å². The van der Waals surface area contributed by atoms with E-state index in [1.165, 1.54) is 10.7 Å². The Hall–Kier alpha value is -2.48. The highest BCUT2D eigenvalue weighted by Gasteiger charge is 2.21. The lowest BCUT2D eigenvalue weighted by Crippen LogP contribution is -2.17. The molecular weight excluding hydrogens is 401 g/mol. The maximum absolute atomic E-state index is 13.9. The largest absolute Gasteiger partial charge is 0.317 e. The fourth-order valence-corrected chi connectivity index (χ4v) is 3.39. The van der Waals surface area contributed by atoms with Gasteiger partial charge < -0.3 is 5.32 Å². The van der Waals surface area contributed by atoms with Crippen molar-refractivity contribution in [2.24, 2.45) is 7.05 Å². The van der Waals surface area contributed by atoms with Gasteiger partial charge in [-0.2, -0.15) is 10.2 Å². The van der Waals surface area contributed by atoms with E-state index in [1.54, 1.807) is 29.9 Å². The zero-order valence-electron chi connectivity index (χ0n) is 15.0. The number of amides is 1. The van der Waals surface area contributed by atoms with Crippen molar-refractivity contribution in [2.75, 3.05) is 5.32 Å². The zero-order valence-corrected chi connectivity index (χ0v) is 16.6. The SMILES string of the molecule is Cc1nn(C)c(C(=O)Nc2c(C)nn(Cc3ccccc3F)c2C)c1Br. The number of carbonyl (C=O) groups excluding carboxylic acids is 1. The van der Waals surface area contributed by atoms with Crippen LogP contribution in [0.15, 0.2) is 28.7 Å². The average Bonchev–Trinajstić information content (AvgIpc) is 2.99. The Labute approximate surface area is 159 Å². The summed E-state index contributed by atoms with van der Waals surface area (Å²) in [5.74, 6) is -0.559. The molecular formula is C18H19BrFN5O. The Morgan fingerprint density at radius 1 is 1.19 bits per heavy atom. The first-order chi connectivity index (χ1) is 12.3. The summed E-state index contributed by atoms with van der Waals surface area (Å²) in [5.41, 5.74) is 3.76. The molecule has 8 heteroatoms. The highest BCUT2D eigenvalue weighted by atomic mass is 79.9. The van der Waals surface area contributed by atoms with Gasteiger partial charge in [0.15, 0.2) is 0 Å². The van der Waals surface area contributed by atoms with E-state index < -0.39 is 0 Å². The van der Waals surface area contributed by atoms with Gasteiger partial charge in [-0.05, 0) is 42.8 Å². The summed E-state index contributed by atoms with van der Waals surface area (Å²) in [5, 5.41) is 11.6. The lowest BCUT2D eigenvalue weighted by atomic mass is 10.2. The van der Waals surface area contributed by atoms with Crippen LogP contribution in [-0.2, 0) is 13.6 Å². The molecule has 26 heavy (non-hydrogen) atoms. The number of hydrogen-bond acceptors (Lipinski definition) is 3. The summed E-state index contributed by atoms with van der Waals surface area (Å²) in [6.07, 6.45) is 0. The van der Waals surface area contributed by atoms with Crippen molar-refractivity contribution in [1.29, 1.82) is 0 Å². The minimum atomic E-state index is -0.281. The van der Waals surface area contributed by atoms with E-state index in [0.717, 1.165) is 11.4 Å². The van der Waals surface area contributed by atoms with Gasteiger partial charge in [0, 0.05) is 12.6 Å². The Morgan fingerprint density at radius 3 is 2.50 bits per heavy atom. The first kappa shape index (κ1) is 18.3. The molecule has 0 saturated carbocycles. The number of nitrogens with one attached hydrogen (secondary N) is 1. The topological polar surface area (TPSA) is 64.7 Å². The molecule has 2 aromatic heterocycles. The molecule has 0 unspecified atom stereocenters. The molecule has 0 fully saturated rings. The quantitative estimate of drug-likeness (QED) is 0.700. The molecule has 136 valence electrons. The van der Waals surface area contributed by atoms with E-state index >= 15 is 0 Å². The highest BCUT2D eigenvalue weighted by Crippen LogP contribution is 2.25. The van der Waals surface area contributed by atoms with Crippen LogP contribution >= 0.6 is 15.9 Å². The molecule has 6 nitrogen and oxygen atoms in total. The second-order valence-electron chi connectivity index (χ2n) is 6.12. The van der Waals surface area contributed by atoms with Crippen LogP contribution < -0.4 is 5.32 Å². The summed E-state index contributed by atoms with van der Waals surface area (Å²) in [4.78, 5) is 12.7. The Morgan fingerprint density at radius 2 is 1.88 bits per heavy atom. The van der Waals surface area contributed by atoms with Gasteiger partial charge in [-0.3, -0.25) is 14.2 Å². The Balaban J connectivity index is 1.89. The van der Waals surface area contributed by atoms with Crippen molar-refractivity contribution < 1.29 is 9.18 Å². The van der Waals surface area contributed by atoms with E-state index in [4.69, 9.17) is 0 Å². The van der Waals surface area contributed by atoms with E-state index in [2.05, 4.69) is 31.4 Å². The smallest absolute Gasteiger partial charge is 0.275 e. The van der Waals surface area contributed by atoms with Gasteiger partial charge in [-0.15, -0.1) is 0 Å². The van der Waals surface area contributed by atoms with Crippen molar-refractivity contribution in [1.82, 2.24) is 19.6 Å². The standard InChI is InChI=1S/C18H19BrFN5O/c1-10-15(19)17(24(4)22-10)18(26)21-16-11(2)23-25(12(16)3)9-13-7-5-6-8-14(13)20/h5-8H,9H2,1-4H3,(H,21,26). The number of aryl methyl sites for hydroxylation is 3. The predicted molar refractivity (Wildman–Crippen MR) is 101 cm³/mol. The number of halogens is 2. The van der Waals surface area contributed by atoms with E-state index in [9.17, 15) is 9.18 Å². The van der Waals surface area contributed by atoms with Gasteiger partial charge >= 0.3 is 0 Å². The van der Waals surface area contributed by atoms with Crippen LogP contribution in [0.25, 0.3) is 0 Å². The number of benzene rings is 1. The van der Waals surface area contributed by atoms with Crippen molar-refractivity contribution in [3.05, 3.63) is 62.9 Å². The monoisotopic (exact) mass is 419 g/mol. The lowest BCUT2D eigenvalue weighted by Gasteiger charge is -2.08. The maximum atomic E-state index is 13.9. The number of aromatic nitrogens is 4. The maximum Gasteiger partial charge on any atom is 0.275 e. The van der Waals surface area contributed by atoms with Crippen molar-refractivity contribution in [2.45, 2.75) is 27.3 Å². The third-order valence-electron chi connectivity index (χ3n) is 4.26. The molecule has 0 bridgehead atoms. The van der Waals surface area contributed by atoms with Gasteiger partial charge in [-0.25, -0.2) is 4.39 Å². The second-order valence-corrected chi connectivity index (χ2v) is 6.91. The van der Waals surface area contributed by atoms with Crippen LogP contribution in [0.4, 0.5) is 10.1 Å². The van der Waals surface area contributed by atoms with Gasteiger partial charge in [0.1, 0.15) is 11.5 Å². The van der Waals surface area contributed by atoms with Crippen LogP contribution in [0.2, 0.25) is 0 Å². The number of hydrogen-bond donors (Lipinski definition) is 1. The normalized spacial score (nSPS) is 11.0. The highest BCUT2D eigenvalue weighted by molar-refractivity contribution is 9.10. The van der Waals surface area contributed by atoms with Crippen molar-refractivity contribution >= 4 is 27.5 Å². The van der Waals surface area contributed by atoms with E-state index in [0.29, 0.717) is 33.7 Å². The van der Waals surface area contributed by atoms with Gasteiger partial charge in [0.05, 0.1) is 33.8 Å². The molecule has 1 N–H and O–H groups in total. The Kier molecular flexibility index (Phi) is 4.95. The van der Waals surface area contributed by atoms with E-state index in [1.807, 2.05) is 20.8 Å². The minimum absolute atomic E-state index is 0.278. The van der Waals surface area contributed by atoms with Crippen LogP contribution in [0, 0.1) is 26.6 Å².